The van der Waals surface area contributed by atoms with Gasteiger partial charge in [-0.1, -0.05) is 22.9 Å². The molecule has 0 spiro atoms. The lowest BCUT2D eigenvalue weighted by Gasteiger charge is -2.16. The van der Waals surface area contributed by atoms with E-state index in [1.165, 1.54) is 13.1 Å². The van der Waals surface area contributed by atoms with E-state index >= 15 is 0 Å². The van der Waals surface area contributed by atoms with Crippen molar-refractivity contribution in [2.24, 2.45) is 5.92 Å². The van der Waals surface area contributed by atoms with Gasteiger partial charge < -0.3 is 0 Å². The van der Waals surface area contributed by atoms with Gasteiger partial charge in [-0.2, -0.15) is 0 Å². The second-order valence-electron chi connectivity index (χ2n) is 4.42. The van der Waals surface area contributed by atoms with Gasteiger partial charge in [0.2, 0.25) is 0 Å². The van der Waals surface area contributed by atoms with Crippen molar-refractivity contribution in [3.05, 3.63) is 34.6 Å². The molecule has 0 saturated heterocycles. The van der Waals surface area contributed by atoms with Gasteiger partial charge in [0.15, 0.2) is 0 Å². The van der Waals surface area contributed by atoms with Crippen LogP contribution in [0.25, 0.3) is 0 Å². The van der Waals surface area contributed by atoms with E-state index in [1.807, 2.05) is 6.92 Å². The van der Waals surface area contributed by atoms with Crippen LogP contribution in [0.3, 0.4) is 0 Å². The van der Waals surface area contributed by atoms with E-state index in [4.69, 9.17) is 21.6 Å². The Kier molecular flexibility index (Phi) is 3.68. The fourth-order valence-corrected chi connectivity index (χ4v) is 2.55. The minimum Gasteiger partial charge on any atom is -0.290 e. The van der Waals surface area contributed by atoms with Gasteiger partial charge in [0.1, 0.15) is 5.82 Å². The molecule has 17 heavy (non-hydrogen) atoms. The van der Waals surface area contributed by atoms with Crippen molar-refractivity contribution in [3.63, 3.8) is 0 Å². The topological polar surface area (TPSA) is 32.7 Å². The molecule has 2 rings (SSSR count). The van der Waals surface area contributed by atoms with E-state index < -0.39 is 0 Å². The Morgan fingerprint density at radius 1 is 1.59 bits per heavy atom. The van der Waals surface area contributed by atoms with Crippen molar-refractivity contribution in [1.29, 1.82) is 0 Å². The van der Waals surface area contributed by atoms with Gasteiger partial charge in [0.25, 0.3) is 0 Å². The summed E-state index contributed by atoms with van der Waals surface area (Å²) in [4.78, 5) is 5.13. The second-order valence-corrected chi connectivity index (χ2v) is 4.82. The maximum atomic E-state index is 13.7. The molecule has 0 aromatic heterocycles. The lowest BCUT2D eigenvalue weighted by Crippen LogP contribution is -2.23. The SMILES string of the molecule is CC(ON(C)O)[C@@H]1C[C@H]1c1c(F)cccc1Cl. The number of hydrogen-bond acceptors (Lipinski definition) is 3. The van der Waals surface area contributed by atoms with Crippen LogP contribution in [-0.2, 0) is 4.84 Å². The molecule has 1 fully saturated rings. The van der Waals surface area contributed by atoms with Gasteiger partial charge in [0.05, 0.1) is 6.10 Å². The first-order valence-corrected chi connectivity index (χ1v) is 5.91. The first-order valence-electron chi connectivity index (χ1n) is 5.54. The summed E-state index contributed by atoms with van der Waals surface area (Å²) in [7, 11) is 1.41. The molecule has 1 aromatic carbocycles. The Labute approximate surface area is 105 Å². The summed E-state index contributed by atoms with van der Waals surface area (Å²) in [6.07, 6.45) is 0.668. The minimum absolute atomic E-state index is 0.0821. The average molecular weight is 260 g/mol. The number of hydroxylamine groups is 2. The molecule has 1 aliphatic rings. The van der Waals surface area contributed by atoms with Gasteiger partial charge in [-0.25, -0.2) is 4.39 Å². The van der Waals surface area contributed by atoms with Gasteiger partial charge >= 0.3 is 0 Å². The largest absolute Gasteiger partial charge is 0.290 e. The molecule has 0 radical (unpaired) electrons. The Hall–Kier alpha value is -0.680. The molecule has 94 valence electrons. The van der Waals surface area contributed by atoms with Crippen LogP contribution in [0.15, 0.2) is 18.2 Å². The van der Waals surface area contributed by atoms with E-state index in [2.05, 4.69) is 0 Å². The average Bonchev–Trinajstić information content (AvgIpc) is 2.96. The summed E-state index contributed by atoms with van der Waals surface area (Å²) in [5.41, 5.74) is 0.565. The molecule has 3 atom stereocenters. The molecule has 1 aliphatic carbocycles. The predicted molar refractivity (Wildman–Crippen MR) is 62.4 cm³/mol. The number of rotatable bonds is 4. The molecular formula is C12H15ClFNO2. The maximum absolute atomic E-state index is 13.7. The zero-order chi connectivity index (χ0) is 12.6. The lowest BCUT2D eigenvalue weighted by atomic mass is 10.1. The highest BCUT2D eigenvalue weighted by atomic mass is 35.5. The molecule has 1 saturated carbocycles. The van der Waals surface area contributed by atoms with Crippen molar-refractivity contribution in [1.82, 2.24) is 5.23 Å². The third kappa shape index (κ3) is 2.77. The summed E-state index contributed by atoms with van der Waals surface area (Å²) in [6, 6.07) is 4.71. The van der Waals surface area contributed by atoms with Crippen LogP contribution in [0.4, 0.5) is 4.39 Å². The van der Waals surface area contributed by atoms with E-state index in [9.17, 15) is 4.39 Å². The first kappa shape index (κ1) is 12.8. The van der Waals surface area contributed by atoms with Crippen LogP contribution < -0.4 is 0 Å². The highest BCUT2D eigenvalue weighted by Crippen LogP contribution is 2.52. The predicted octanol–water partition coefficient (Wildman–Crippen LogP) is 3.22. The van der Waals surface area contributed by atoms with E-state index in [-0.39, 0.29) is 23.8 Å². The Balaban J connectivity index is 2.07. The van der Waals surface area contributed by atoms with Gasteiger partial charge in [-0.15, -0.1) is 0 Å². The summed E-state index contributed by atoms with van der Waals surface area (Å²) >= 11 is 6.00. The maximum Gasteiger partial charge on any atom is 0.128 e. The molecule has 0 amide bonds. The molecule has 1 N–H and O–H groups in total. The van der Waals surface area contributed by atoms with Crippen LogP contribution in [-0.4, -0.2) is 23.6 Å². The van der Waals surface area contributed by atoms with Crippen LogP contribution >= 0.6 is 11.6 Å². The molecule has 1 aromatic rings. The smallest absolute Gasteiger partial charge is 0.128 e. The van der Waals surface area contributed by atoms with Crippen molar-refractivity contribution >= 4 is 11.6 Å². The lowest BCUT2D eigenvalue weighted by molar-refractivity contribution is -0.345. The molecule has 5 heteroatoms. The molecule has 0 heterocycles. The number of nitrogens with zero attached hydrogens (tertiary/aromatic N) is 1. The summed E-state index contributed by atoms with van der Waals surface area (Å²) in [5.74, 6) is 0.00667. The highest BCUT2D eigenvalue weighted by molar-refractivity contribution is 6.31. The summed E-state index contributed by atoms with van der Waals surface area (Å²) in [6.45, 7) is 1.85. The number of halogens is 2. The summed E-state index contributed by atoms with van der Waals surface area (Å²) < 4.78 is 13.7. The molecular weight excluding hydrogens is 245 g/mol. The van der Waals surface area contributed by atoms with Crippen LogP contribution in [0.1, 0.15) is 24.8 Å². The van der Waals surface area contributed by atoms with Gasteiger partial charge in [-0.3, -0.25) is 10.0 Å². The minimum atomic E-state index is -0.269. The van der Waals surface area contributed by atoms with E-state index in [1.54, 1.807) is 12.1 Å². The second kappa shape index (κ2) is 4.90. The van der Waals surface area contributed by atoms with Crippen molar-refractivity contribution in [2.75, 3.05) is 7.05 Å². The summed E-state index contributed by atoms with van der Waals surface area (Å²) in [5, 5.41) is 10.1. The zero-order valence-corrected chi connectivity index (χ0v) is 10.5. The molecule has 3 nitrogen and oxygen atoms in total. The van der Waals surface area contributed by atoms with Crippen molar-refractivity contribution in [3.8, 4) is 0 Å². The number of hydrogen-bond donors (Lipinski definition) is 1. The van der Waals surface area contributed by atoms with Crippen LogP contribution in [0.5, 0.6) is 0 Å². The van der Waals surface area contributed by atoms with Crippen molar-refractivity contribution < 1.29 is 14.4 Å². The Morgan fingerprint density at radius 2 is 2.29 bits per heavy atom. The van der Waals surface area contributed by atoms with Crippen LogP contribution in [0.2, 0.25) is 5.02 Å². The molecule has 0 bridgehead atoms. The normalized spacial score (nSPS) is 25.1. The van der Waals surface area contributed by atoms with Gasteiger partial charge in [0, 0.05) is 17.6 Å². The standard InChI is InChI=1S/C12H15ClFNO2/c1-7(17-15(2)16)8-6-9(8)12-10(13)4-3-5-11(12)14/h3-5,7-9,16H,6H2,1-2H3/t7?,8-,9+/m0/s1. The van der Waals surface area contributed by atoms with Crippen molar-refractivity contribution in [2.45, 2.75) is 25.4 Å². The van der Waals surface area contributed by atoms with E-state index in [0.717, 1.165) is 6.42 Å². The van der Waals surface area contributed by atoms with Gasteiger partial charge in [-0.05, 0) is 37.3 Å². The fourth-order valence-electron chi connectivity index (χ4n) is 2.25. The highest BCUT2D eigenvalue weighted by Gasteiger charge is 2.45. The number of benzene rings is 1. The monoisotopic (exact) mass is 259 g/mol. The third-order valence-corrected chi connectivity index (χ3v) is 3.46. The molecule has 1 unspecified atom stereocenters. The van der Waals surface area contributed by atoms with Crippen LogP contribution in [0, 0.1) is 11.7 Å². The first-order chi connectivity index (χ1) is 8.00. The quantitative estimate of drug-likeness (QED) is 0.843. The zero-order valence-electron chi connectivity index (χ0n) is 9.73. The van der Waals surface area contributed by atoms with E-state index in [0.29, 0.717) is 15.8 Å². The fraction of sp³-hybridized carbons (Fsp3) is 0.500. The third-order valence-electron chi connectivity index (χ3n) is 3.13. The molecule has 0 aliphatic heterocycles. The Bertz CT molecular complexity index is 393. The Morgan fingerprint density at radius 3 is 2.88 bits per heavy atom.